The molecule has 1 aliphatic carbocycles. The third-order valence-electron chi connectivity index (χ3n) is 5.15. The van der Waals surface area contributed by atoms with Gasteiger partial charge < -0.3 is 9.63 Å². The first-order valence-electron chi connectivity index (χ1n) is 7.46. The molecule has 6 heteroatoms. The van der Waals surface area contributed by atoms with Gasteiger partial charge in [0.05, 0.1) is 11.1 Å². The Hall–Kier alpha value is -1.07. The summed E-state index contributed by atoms with van der Waals surface area (Å²) in [5, 5.41) is 13.7. The first kappa shape index (κ1) is 16.3. The van der Waals surface area contributed by atoms with Crippen LogP contribution in [-0.2, 0) is 17.8 Å². The minimum Gasteiger partial charge on any atom is -0.481 e. The second-order valence-corrected chi connectivity index (χ2v) is 6.24. The number of hydrogen-bond donors (Lipinski definition) is 1. The summed E-state index contributed by atoms with van der Waals surface area (Å²) >= 11 is 0. The Morgan fingerprint density at radius 1 is 1.57 bits per heavy atom. The van der Waals surface area contributed by atoms with Gasteiger partial charge in [-0.15, -0.1) is 12.4 Å². The predicted octanol–water partition coefficient (Wildman–Crippen LogP) is 2.65. The van der Waals surface area contributed by atoms with Gasteiger partial charge in [-0.2, -0.15) is 0 Å². The highest BCUT2D eigenvalue weighted by molar-refractivity contribution is 5.85. The van der Waals surface area contributed by atoms with Crippen LogP contribution in [0.1, 0.15) is 43.2 Å². The van der Waals surface area contributed by atoms with E-state index in [0.29, 0.717) is 12.5 Å². The largest absolute Gasteiger partial charge is 0.481 e. The van der Waals surface area contributed by atoms with E-state index in [9.17, 15) is 9.90 Å². The molecule has 0 radical (unpaired) electrons. The molecule has 1 aliphatic heterocycles. The van der Waals surface area contributed by atoms with Gasteiger partial charge in [-0.1, -0.05) is 18.5 Å². The summed E-state index contributed by atoms with van der Waals surface area (Å²) in [4.78, 5) is 14.0. The van der Waals surface area contributed by atoms with Crippen molar-refractivity contribution in [1.82, 2.24) is 10.1 Å². The number of halogens is 1. The topological polar surface area (TPSA) is 66.6 Å². The molecule has 2 aliphatic rings. The highest BCUT2D eigenvalue weighted by Crippen LogP contribution is 2.49. The molecule has 2 heterocycles. The summed E-state index contributed by atoms with van der Waals surface area (Å²) < 4.78 is 5.27. The van der Waals surface area contributed by atoms with Crippen molar-refractivity contribution in [2.24, 2.45) is 11.3 Å². The second-order valence-electron chi connectivity index (χ2n) is 6.24. The summed E-state index contributed by atoms with van der Waals surface area (Å²) in [6, 6.07) is 0. The van der Waals surface area contributed by atoms with E-state index >= 15 is 0 Å². The van der Waals surface area contributed by atoms with E-state index in [2.05, 4.69) is 17.0 Å². The van der Waals surface area contributed by atoms with E-state index in [1.807, 2.05) is 6.92 Å². The Balaban J connectivity index is 0.00000161. The zero-order valence-electron chi connectivity index (χ0n) is 12.6. The third-order valence-corrected chi connectivity index (χ3v) is 5.15. The van der Waals surface area contributed by atoms with Crippen molar-refractivity contribution in [2.45, 2.75) is 46.1 Å². The lowest BCUT2D eigenvalue weighted by Crippen LogP contribution is -2.35. The zero-order valence-corrected chi connectivity index (χ0v) is 13.4. The molecule has 1 saturated heterocycles. The molecule has 3 rings (SSSR count). The predicted molar refractivity (Wildman–Crippen MR) is 80.6 cm³/mol. The Labute approximate surface area is 131 Å². The third kappa shape index (κ3) is 2.57. The lowest BCUT2D eigenvalue weighted by molar-refractivity contribution is -0.149. The summed E-state index contributed by atoms with van der Waals surface area (Å²) in [6.07, 6.45) is 3.78. The van der Waals surface area contributed by atoms with Crippen molar-refractivity contribution in [3.05, 3.63) is 17.0 Å². The van der Waals surface area contributed by atoms with Gasteiger partial charge in [-0.05, 0) is 32.1 Å². The first-order valence-corrected chi connectivity index (χ1v) is 7.46. The Morgan fingerprint density at radius 2 is 2.33 bits per heavy atom. The number of rotatable bonds is 4. The van der Waals surface area contributed by atoms with Gasteiger partial charge in [-0.3, -0.25) is 9.69 Å². The average molecular weight is 315 g/mol. The van der Waals surface area contributed by atoms with Crippen molar-refractivity contribution >= 4 is 18.4 Å². The molecule has 0 bridgehead atoms. The van der Waals surface area contributed by atoms with Crippen molar-refractivity contribution in [1.29, 1.82) is 0 Å². The number of fused-ring (bicyclic) bond motifs is 1. The van der Waals surface area contributed by atoms with E-state index in [-0.39, 0.29) is 12.4 Å². The zero-order chi connectivity index (χ0) is 14.3. The average Bonchev–Trinajstić information content (AvgIpc) is 3.04. The van der Waals surface area contributed by atoms with Gasteiger partial charge >= 0.3 is 5.97 Å². The van der Waals surface area contributed by atoms with E-state index < -0.39 is 11.4 Å². The van der Waals surface area contributed by atoms with Gasteiger partial charge in [0.25, 0.3) is 0 Å². The molecule has 0 unspecified atom stereocenters. The quantitative estimate of drug-likeness (QED) is 0.925. The molecule has 2 atom stereocenters. The molecule has 1 saturated carbocycles. The summed E-state index contributed by atoms with van der Waals surface area (Å²) in [6.45, 7) is 6.33. The van der Waals surface area contributed by atoms with Gasteiger partial charge in [0.15, 0.2) is 0 Å². The lowest BCUT2D eigenvalue weighted by atomic mass is 9.81. The summed E-state index contributed by atoms with van der Waals surface area (Å²) in [5.74, 6) is 0.564. The number of hydrogen-bond acceptors (Lipinski definition) is 4. The van der Waals surface area contributed by atoms with Crippen LogP contribution in [0, 0.1) is 18.3 Å². The van der Waals surface area contributed by atoms with Crippen molar-refractivity contribution < 1.29 is 14.4 Å². The molecule has 5 nitrogen and oxygen atoms in total. The highest BCUT2D eigenvalue weighted by atomic mass is 35.5. The van der Waals surface area contributed by atoms with E-state index in [1.54, 1.807) is 0 Å². The normalized spacial score (nSPS) is 28.4. The second kappa shape index (κ2) is 5.97. The van der Waals surface area contributed by atoms with Crippen molar-refractivity contribution in [3.8, 4) is 0 Å². The minimum absolute atomic E-state index is 0. The van der Waals surface area contributed by atoms with Crippen LogP contribution in [0.3, 0.4) is 0 Å². The highest BCUT2D eigenvalue weighted by Gasteiger charge is 2.54. The van der Waals surface area contributed by atoms with E-state index in [4.69, 9.17) is 4.52 Å². The molecule has 0 aromatic carbocycles. The van der Waals surface area contributed by atoms with Crippen LogP contribution >= 0.6 is 12.4 Å². The minimum atomic E-state index is -0.611. The molecule has 1 aromatic heterocycles. The number of carbonyl (C=O) groups is 1. The number of carboxylic acid groups (broad SMARTS) is 1. The Bertz CT molecular complexity index is 531. The standard InChI is InChI=1S/C15H22N2O3.ClH/c1-3-13-12(10(2)20-16-13)8-17-7-11-5-4-6-15(11,9-17)14(18)19;/h11H,3-9H2,1-2H3,(H,18,19);1H/t11-,15+;/m0./s1. The first-order chi connectivity index (χ1) is 9.56. The number of nitrogens with zero attached hydrogens (tertiary/aromatic N) is 2. The van der Waals surface area contributed by atoms with Crippen molar-refractivity contribution in [3.63, 3.8) is 0 Å². The fourth-order valence-electron chi connectivity index (χ4n) is 4.00. The number of carboxylic acids is 1. The molecule has 0 amide bonds. The maximum atomic E-state index is 11.7. The molecule has 2 fully saturated rings. The smallest absolute Gasteiger partial charge is 0.311 e. The number of aliphatic carboxylic acids is 1. The van der Waals surface area contributed by atoms with E-state index in [0.717, 1.165) is 55.8 Å². The maximum Gasteiger partial charge on any atom is 0.311 e. The Kier molecular flexibility index (Phi) is 4.63. The monoisotopic (exact) mass is 314 g/mol. The van der Waals surface area contributed by atoms with Crippen LogP contribution in [0.5, 0.6) is 0 Å². The van der Waals surface area contributed by atoms with Crippen LogP contribution in [0.15, 0.2) is 4.52 Å². The fraction of sp³-hybridized carbons (Fsp3) is 0.733. The molecule has 1 N–H and O–H groups in total. The number of aromatic nitrogens is 1. The van der Waals surface area contributed by atoms with E-state index in [1.165, 1.54) is 0 Å². The van der Waals surface area contributed by atoms with Gasteiger partial charge in [0.2, 0.25) is 0 Å². The van der Waals surface area contributed by atoms with Crippen LogP contribution in [0.25, 0.3) is 0 Å². The maximum absolute atomic E-state index is 11.7. The molecule has 1 aromatic rings. The fourth-order valence-corrected chi connectivity index (χ4v) is 4.00. The number of aryl methyl sites for hydroxylation is 2. The van der Waals surface area contributed by atoms with Crippen LogP contribution < -0.4 is 0 Å². The lowest BCUT2D eigenvalue weighted by Gasteiger charge is -2.23. The van der Waals surface area contributed by atoms with Gasteiger partial charge in [0.1, 0.15) is 5.76 Å². The van der Waals surface area contributed by atoms with Crippen LogP contribution in [0.2, 0.25) is 0 Å². The molecule has 0 spiro atoms. The molecule has 118 valence electrons. The Morgan fingerprint density at radius 3 is 2.95 bits per heavy atom. The molecular weight excluding hydrogens is 292 g/mol. The van der Waals surface area contributed by atoms with Gasteiger partial charge in [-0.25, -0.2) is 0 Å². The summed E-state index contributed by atoms with van der Waals surface area (Å²) in [7, 11) is 0. The van der Waals surface area contributed by atoms with Crippen LogP contribution in [0.4, 0.5) is 0 Å². The SMILES string of the molecule is CCc1noc(C)c1CN1C[C@@H]2CCC[C@@]2(C(=O)O)C1.Cl. The molecule has 21 heavy (non-hydrogen) atoms. The molecular formula is C15H23ClN2O3. The van der Waals surface area contributed by atoms with Crippen LogP contribution in [-0.4, -0.2) is 34.2 Å². The van der Waals surface area contributed by atoms with Crippen molar-refractivity contribution in [2.75, 3.05) is 13.1 Å². The summed E-state index contributed by atoms with van der Waals surface area (Å²) in [5.41, 5.74) is 1.65. The van der Waals surface area contributed by atoms with Gasteiger partial charge in [0, 0.05) is 25.2 Å². The number of likely N-dealkylation sites (tertiary alicyclic amines) is 1.